The number of rotatable bonds is 11. The highest BCUT2D eigenvalue weighted by Crippen LogP contribution is 2.39. The first-order valence-electron chi connectivity index (χ1n) is 15.9. The lowest BCUT2D eigenvalue weighted by molar-refractivity contribution is -0.147. The molecule has 2 aromatic carbocycles. The molecule has 3 aromatic rings. The van der Waals surface area contributed by atoms with Crippen LogP contribution in [0, 0.1) is 11.8 Å². The molecule has 0 radical (unpaired) electrons. The van der Waals surface area contributed by atoms with Gasteiger partial charge in [-0.3, -0.25) is 9.69 Å². The zero-order valence-corrected chi connectivity index (χ0v) is 26.2. The third-order valence-corrected chi connectivity index (χ3v) is 9.29. The molecule has 2 fully saturated rings. The second-order valence-electron chi connectivity index (χ2n) is 12.0. The van der Waals surface area contributed by atoms with Crippen LogP contribution in [0.15, 0.2) is 42.5 Å². The summed E-state index contributed by atoms with van der Waals surface area (Å²) in [5.41, 5.74) is 11.8. The maximum atomic E-state index is 12.0. The normalized spacial score (nSPS) is 19.8. The van der Waals surface area contributed by atoms with E-state index in [1.807, 2.05) is 37.3 Å². The Morgan fingerprint density at radius 1 is 1.05 bits per heavy atom. The van der Waals surface area contributed by atoms with Crippen LogP contribution in [0.1, 0.15) is 42.9 Å². The van der Waals surface area contributed by atoms with Crippen molar-refractivity contribution in [1.82, 2.24) is 14.9 Å². The smallest absolute Gasteiger partial charge is 0.308 e. The van der Waals surface area contributed by atoms with Gasteiger partial charge >= 0.3 is 5.97 Å². The number of benzene rings is 2. The number of fused-ring (bicyclic) bond motifs is 3. The Kier molecular flexibility index (Phi) is 9.84. The molecule has 10 heteroatoms. The predicted molar refractivity (Wildman–Crippen MR) is 172 cm³/mol. The number of hydrogen-bond acceptors (Lipinski definition) is 9. The van der Waals surface area contributed by atoms with E-state index in [1.54, 1.807) is 0 Å². The summed E-state index contributed by atoms with van der Waals surface area (Å²) in [5, 5.41) is 0.719. The second kappa shape index (κ2) is 14.1. The number of carbonyl (C=O) groups excluding carboxylic acids is 1. The highest BCUT2D eigenvalue weighted by atomic mass is 35.5. The number of ether oxygens (including phenoxy) is 3. The first-order chi connectivity index (χ1) is 21.5. The second-order valence-corrected chi connectivity index (χ2v) is 12.4. The summed E-state index contributed by atoms with van der Waals surface area (Å²) in [6, 6.07) is 13.9. The number of esters is 1. The van der Waals surface area contributed by atoms with Gasteiger partial charge < -0.3 is 24.8 Å². The van der Waals surface area contributed by atoms with Gasteiger partial charge in [-0.05, 0) is 86.4 Å². The first kappa shape index (κ1) is 30.6. The van der Waals surface area contributed by atoms with Gasteiger partial charge in [-0.1, -0.05) is 23.7 Å². The van der Waals surface area contributed by atoms with E-state index in [4.69, 9.17) is 41.5 Å². The average molecular weight is 620 g/mol. The summed E-state index contributed by atoms with van der Waals surface area (Å²) in [7, 11) is 0. The Bertz CT molecular complexity index is 1440. The molecule has 0 amide bonds. The number of nitrogens with zero attached hydrogens (tertiary/aromatic N) is 4. The lowest BCUT2D eigenvalue weighted by Crippen LogP contribution is -2.48. The molecule has 2 atom stereocenters. The van der Waals surface area contributed by atoms with E-state index in [-0.39, 0.29) is 11.9 Å². The molecule has 2 unspecified atom stereocenters. The summed E-state index contributed by atoms with van der Waals surface area (Å²) in [5.74, 6) is 2.57. The van der Waals surface area contributed by atoms with Gasteiger partial charge in [0.15, 0.2) is 0 Å². The lowest BCUT2D eigenvalue weighted by Gasteiger charge is -2.37. The molecule has 234 valence electrons. The highest BCUT2D eigenvalue weighted by molar-refractivity contribution is 6.30. The van der Waals surface area contributed by atoms with Crippen molar-refractivity contribution in [2.24, 2.45) is 11.8 Å². The van der Waals surface area contributed by atoms with Crippen molar-refractivity contribution in [2.75, 3.05) is 63.2 Å². The van der Waals surface area contributed by atoms with Crippen molar-refractivity contribution in [3.05, 3.63) is 64.2 Å². The topological polar surface area (TPSA) is 103 Å². The lowest BCUT2D eigenvalue weighted by atomic mass is 9.88. The van der Waals surface area contributed by atoms with Gasteiger partial charge in [0, 0.05) is 55.5 Å². The quantitative estimate of drug-likeness (QED) is 0.230. The summed E-state index contributed by atoms with van der Waals surface area (Å²) in [6.45, 7) is 8.80. The SMILES string of the molecule is CCOC(=O)C1CCC(COCCN2CCN(c3nc(N)nc4c3CCc3cc(OCc5ccc(Cl)cc5)ccc3-4)CC2)C1. The molecule has 0 bridgehead atoms. The van der Waals surface area contributed by atoms with Crippen molar-refractivity contribution in [1.29, 1.82) is 0 Å². The fourth-order valence-corrected chi connectivity index (χ4v) is 6.76. The van der Waals surface area contributed by atoms with Gasteiger partial charge in [0.25, 0.3) is 0 Å². The summed E-state index contributed by atoms with van der Waals surface area (Å²) >= 11 is 6.01. The van der Waals surface area contributed by atoms with Crippen LogP contribution in [0.2, 0.25) is 5.02 Å². The van der Waals surface area contributed by atoms with Crippen molar-refractivity contribution in [3.63, 3.8) is 0 Å². The summed E-state index contributed by atoms with van der Waals surface area (Å²) < 4.78 is 17.3. The van der Waals surface area contributed by atoms with Crippen molar-refractivity contribution >= 4 is 29.3 Å². The molecule has 1 aliphatic heterocycles. The molecule has 6 rings (SSSR count). The van der Waals surface area contributed by atoms with Crippen LogP contribution in [-0.2, 0) is 33.7 Å². The summed E-state index contributed by atoms with van der Waals surface area (Å²) in [6.07, 6.45) is 4.61. The monoisotopic (exact) mass is 619 g/mol. The predicted octanol–water partition coefficient (Wildman–Crippen LogP) is 5.17. The van der Waals surface area contributed by atoms with E-state index in [1.165, 1.54) is 11.1 Å². The van der Waals surface area contributed by atoms with Crippen LogP contribution in [0.3, 0.4) is 0 Å². The number of piperazine rings is 1. The standard InChI is InChI=1S/C34H42ClN5O4/c1-2-43-33(41)26-6-3-24(19-26)21-42-18-17-39-13-15-40(16-14-39)32-30-11-7-25-20-28(44-22-23-4-8-27(35)9-5-23)10-12-29(25)31(30)37-34(36)38-32/h4-5,8-10,12,20,24,26H,2-3,6-7,11,13-19,21-22H2,1H3,(H2,36,37,38). The van der Waals surface area contributed by atoms with Crippen LogP contribution in [0.4, 0.5) is 11.8 Å². The fraction of sp³-hybridized carbons (Fsp3) is 0.500. The van der Waals surface area contributed by atoms with Gasteiger partial charge in [0.1, 0.15) is 18.2 Å². The zero-order valence-electron chi connectivity index (χ0n) is 25.5. The van der Waals surface area contributed by atoms with Gasteiger partial charge in [-0.25, -0.2) is 4.98 Å². The zero-order chi connectivity index (χ0) is 30.5. The Morgan fingerprint density at radius 2 is 1.86 bits per heavy atom. The number of hydrogen-bond donors (Lipinski definition) is 1. The average Bonchev–Trinajstić information content (AvgIpc) is 3.52. The Morgan fingerprint density at radius 3 is 2.66 bits per heavy atom. The van der Waals surface area contributed by atoms with E-state index in [0.717, 1.165) is 105 Å². The number of aromatic nitrogens is 2. The minimum Gasteiger partial charge on any atom is -0.489 e. The van der Waals surface area contributed by atoms with Gasteiger partial charge in [0.05, 0.1) is 24.8 Å². The highest BCUT2D eigenvalue weighted by Gasteiger charge is 2.31. The number of anilines is 2. The third kappa shape index (κ3) is 7.28. The largest absolute Gasteiger partial charge is 0.489 e. The Hall–Kier alpha value is -3.40. The Balaban J connectivity index is 1.01. The van der Waals surface area contributed by atoms with Gasteiger partial charge in [0.2, 0.25) is 5.95 Å². The summed E-state index contributed by atoms with van der Waals surface area (Å²) in [4.78, 5) is 26.2. The molecular formula is C34H42ClN5O4. The molecule has 44 heavy (non-hydrogen) atoms. The van der Waals surface area contributed by atoms with E-state index in [2.05, 4.69) is 21.9 Å². The number of nitrogens with two attached hydrogens (primary N) is 1. The minimum atomic E-state index is -0.0475. The molecule has 2 heterocycles. The van der Waals surface area contributed by atoms with Crippen LogP contribution < -0.4 is 15.4 Å². The number of carbonyl (C=O) groups is 1. The molecule has 1 saturated carbocycles. The van der Waals surface area contributed by atoms with Crippen molar-refractivity contribution in [3.8, 4) is 17.0 Å². The fourth-order valence-electron chi connectivity index (χ4n) is 6.64. The van der Waals surface area contributed by atoms with Crippen LogP contribution in [0.5, 0.6) is 5.75 Å². The van der Waals surface area contributed by atoms with Crippen LogP contribution in [-0.4, -0.2) is 73.4 Å². The molecule has 0 spiro atoms. The van der Waals surface area contributed by atoms with Crippen LogP contribution in [0.25, 0.3) is 11.3 Å². The van der Waals surface area contributed by atoms with Gasteiger partial charge in [-0.15, -0.1) is 0 Å². The molecule has 3 aliphatic rings. The Labute approximate surface area is 264 Å². The molecule has 1 saturated heterocycles. The molecule has 1 aromatic heterocycles. The number of aryl methyl sites for hydroxylation is 1. The van der Waals surface area contributed by atoms with Gasteiger partial charge in [-0.2, -0.15) is 4.98 Å². The molecule has 2 N–H and O–H groups in total. The molecule has 9 nitrogen and oxygen atoms in total. The maximum absolute atomic E-state index is 12.0. The number of nitrogen functional groups attached to an aromatic ring is 1. The maximum Gasteiger partial charge on any atom is 0.308 e. The third-order valence-electron chi connectivity index (χ3n) is 9.04. The van der Waals surface area contributed by atoms with Crippen LogP contribution >= 0.6 is 11.6 Å². The molecular weight excluding hydrogens is 578 g/mol. The van der Waals surface area contributed by atoms with Crippen molar-refractivity contribution < 1.29 is 19.0 Å². The van der Waals surface area contributed by atoms with E-state index < -0.39 is 0 Å². The van der Waals surface area contributed by atoms with Crippen molar-refractivity contribution in [2.45, 2.75) is 45.6 Å². The van der Waals surface area contributed by atoms with E-state index in [0.29, 0.717) is 31.7 Å². The number of halogens is 1. The minimum absolute atomic E-state index is 0.0453. The molecule has 2 aliphatic carbocycles. The first-order valence-corrected chi connectivity index (χ1v) is 16.2. The van der Waals surface area contributed by atoms with E-state index in [9.17, 15) is 4.79 Å². The van der Waals surface area contributed by atoms with E-state index >= 15 is 0 Å².